The largest absolute Gasteiger partial charge is 0.378 e. The van der Waals surface area contributed by atoms with Gasteiger partial charge in [-0.2, -0.15) is 0 Å². The lowest BCUT2D eigenvalue weighted by atomic mass is 9.72. The van der Waals surface area contributed by atoms with Crippen LogP contribution >= 0.6 is 0 Å². The molecule has 0 radical (unpaired) electrons. The van der Waals surface area contributed by atoms with Gasteiger partial charge in [-0.05, 0) is 38.0 Å². The van der Waals surface area contributed by atoms with Crippen molar-refractivity contribution < 1.29 is 4.74 Å². The Labute approximate surface area is 115 Å². The Bertz CT molecular complexity index is 206. The van der Waals surface area contributed by atoms with Crippen molar-refractivity contribution in [2.24, 2.45) is 11.8 Å². The number of ether oxygens (including phenoxy) is 1. The summed E-state index contributed by atoms with van der Waals surface area (Å²) in [5, 5.41) is 0. The van der Waals surface area contributed by atoms with E-state index in [2.05, 4.69) is 20.8 Å². The van der Waals surface area contributed by atoms with Gasteiger partial charge in [-0.15, -0.1) is 0 Å². The summed E-state index contributed by atoms with van der Waals surface area (Å²) < 4.78 is 6.08. The van der Waals surface area contributed by atoms with E-state index in [9.17, 15) is 0 Å². The number of hydrogen-bond acceptors (Lipinski definition) is 1. The zero-order chi connectivity index (χ0) is 13.4. The molecule has 0 amide bonds. The van der Waals surface area contributed by atoms with Gasteiger partial charge in [0, 0.05) is 7.11 Å². The normalized spacial score (nSPS) is 23.3. The average Bonchev–Trinajstić information content (AvgIpc) is 2.68. The van der Waals surface area contributed by atoms with E-state index in [1.54, 1.807) is 0 Å². The van der Waals surface area contributed by atoms with E-state index in [1.165, 1.54) is 64.2 Å². The van der Waals surface area contributed by atoms with Gasteiger partial charge in [0.25, 0.3) is 0 Å². The number of unbranched alkanes of at least 4 members (excludes halogenated alkanes) is 1. The first-order chi connectivity index (χ1) is 8.69. The molecule has 1 fully saturated rings. The molecule has 0 aromatic rings. The lowest BCUT2D eigenvalue weighted by Gasteiger charge is -2.43. The van der Waals surface area contributed by atoms with Gasteiger partial charge < -0.3 is 4.74 Å². The highest BCUT2D eigenvalue weighted by Gasteiger charge is 2.40. The smallest absolute Gasteiger partial charge is 0.0706 e. The molecule has 1 rings (SSSR count). The van der Waals surface area contributed by atoms with Crippen LogP contribution in [-0.4, -0.2) is 12.7 Å². The Kier molecular flexibility index (Phi) is 7.29. The van der Waals surface area contributed by atoms with Crippen molar-refractivity contribution in [1.29, 1.82) is 0 Å². The quantitative estimate of drug-likeness (QED) is 0.539. The maximum atomic E-state index is 6.08. The minimum absolute atomic E-state index is 0.119. The molecule has 1 aliphatic carbocycles. The molecule has 0 aromatic carbocycles. The SMILES string of the molecule is CCCCC(CC)C(C)(OC)C1CCCCCC1. The maximum absolute atomic E-state index is 6.08. The fourth-order valence-corrected chi connectivity index (χ4v) is 3.87. The van der Waals surface area contributed by atoms with Crippen molar-refractivity contribution in [2.45, 2.75) is 90.6 Å². The van der Waals surface area contributed by atoms with Gasteiger partial charge in [-0.1, -0.05) is 58.8 Å². The van der Waals surface area contributed by atoms with Crippen molar-refractivity contribution in [3.63, 3.8) is 0 Å². The highest BCUT2D eigenvalue weighted by atomic mass is 16.5. The highest BCUT2D eigenvalue weighted by molar-refractivity contribution is 4.90. The molecule has 1 saturated carbocycles. The molecule has 18 heavy (non-hydrogen) atoms. The number of rotatable bonds is 7. The standard InChI is InChI=1S/C17H34O/c1-5-7-12-15(6-2)17(3,18-4)16-13-10-8-9-11-14-16/h15-16H,5-14H2,1-4H3. The van der Waals surface area contributed by atoms with E-state index in [0.29, 0.717) is 0 Å². The van der Waals surface area contributed by atoms with Crippen LogP contribution in [0.15, 0.2) is 0 Å². The van der Waals surface area contributed by atoms with Gasteiger partial charge in [-0.3, -0.25) is 0 Å². The molecule has 108 valence electrons. The predicted molar refractivity (Wildman–Crippen MR) is 79.9 cm³/mol. The fraction of sp³-hybridized carbons (Fsp3) is 1.00. The van der Waals surface area contributed by atoms with E-state index in [0.717, 1.165) is 11.8 Å². The first-order valence-electron chi connectivity index (χ1n) is 8.24. The number of methoxy groups -OCH3 is 1. The zero-order valence-corrected chi connectivity index (χ0v) is 13.1. The molecule has 0 spiro atoms. The lowest BCUT2D eigenvalue weighted by molar-refractivity contribution is -0.0965. The third-order valence-corrected chi connectivity index (χ3v) is 5.32. The Morgan fingerprint density at radius 2 is 1.72 bits per heavy atom. The second kappa shape index (κ2) is 8.19. The van der Waals surface area contributed by atoms with Crippen molar-refractivity contribution in [1.82, 2.24) is 0 Å². The van der Waals surface area contributed by atoms with Crippen molar-refractivity contribution >= 4 is 0 Å². The molecule has 2 atom stereocenters. The molecule has 0 N–H and O–H groups in total. The number of hydrogen-bond donors (Lipinski definition) is 0. The molecule has 2 unspecified atom stereocenters. The first-order valence-corrected chi connectivity index (χ1v) is 8.24. The molecule has 1 nitrogen and oxygen atoms in total. The lowest BCUT2D eigenvalue weighted by Crippen LogP contribution is -2.44. The van der Waals surface area contributed by atoms with Crippen molar-refractivity contribution in [3.05, 3.63) is 0 Å². The molecule has 0 aromatic heterocycles. The van der Waals surface area contributed by atoms with Gasteiger partial charge >= 0.3 is 0 Å². The van der Waals surface area contributed by atoms with Crippen LogP contribution in [0.3, 0.4) is 0 Å². The molecule has 1 heteroatoms. The average molecular weight is 254 g/mol. The first kappa shape index (κ1) is 16.0. The molecule has 1 aliphatic rings. The summed E-state index contributed by atoms with van der Waals surface area (Å²) in [7, 11) is 1.94. The summed E-state index contributed by atoms with van der Waals surface area (Å²) >= 11 is 0. The van der Waals surface area contributed by atoms with Crippen molar-refractivity contribution in [3.8, 4) is 0 Å². The van der Waals surface area contributed by atoms with Crippen LogP contribution in [0.2, 0.25) is 0 Å². The van der Waals surface area contributed by atoms with Gasteiger partial charge in [0.15, 0.2) is 0 Å². The van der Waals surface area contributed by atoms with Gasteiger partial charge in [0.2, 0.25) is 0 Å². The van der Waals surface area contributed by atoms with Crippen LogP contribution in [0.5, 0.6) is 0 Å². The Balaban J connectivity index is 2.72. The van der Waals surface area contributed by atoms with Crippen LogP contribution in [0, 0.1) is 11.8 Å². The maximum Gasteiger partial charge on any atom is 0.0706 e. The molecule has 0 heterocycles. The third kappa shape index (κ3) is 3.98. The summed E-state index contributed by atoms with van der Waals surface area (Å²) in [5.74, 6) is 1.53. The van der Waals surface area contributed by atoms with E-state index in [4.69, 9.17) is 4.74 Å². The second-order valence-corrected chi connectivity index (χ2v) is 6.32. The van der Waals surface area contributed by atoms with Crippen LogP contribution in [0.1, 0.15) is 85.0 Å². The van der Waals surface area contributed by atoms with E-state index >= 15 is 0 Å². The summed E-state index contributed by atoms with van der Waals surface area (Å²) in [6.07, 6.45) is 13.7. The fourth-order valence-electron chi connectivity index (χ4n) is 3.87. The third-order valence-electron chi connectivity index (χ3n) is 5.32. The van der Waals surface area contributed by atoms with E-state index < -0.39 is 0 Å². The minimum Gasteiger partial charge on any atom is -0.378 e. The van der Waals surface area contributed by atoms with Gasteiger partial charge in [-0.25, -0.2) is 0 Å². The van der Waals surface area contributed by atoms with Gasteiger partial charge in [0.05, 0.1) is 5.60 Å². The van der Waals surface area contributed by atoms with E-state index in [1.807, 2.05) is 7.11 Å². The van der Waals surface area contributed by atoms with Crippen LogP contribution in [0.4, 0.5) is 0 Å². The van der Waals surface area contributed by atoms with Crippen LogP contribution < -0.4 is 0 Å². The summed E-state index contributed by atoms with van der Waals surface area (Å²) in [5.41, 5.74) is 0.119. The Morgan fingerprint density at radius 3 is 2.17 bits per heavy atom. The van der Waals surface area contributed by atoms with E-state index in [-0.39, 0.29) is 5.60 Å². The van der Waals surface area contributed by atoms with Crippen LogP contribution in [0.25, 0.3) is 0 Å². The zero-order valence-electron chi connectivity index (χ0n) is 13.1. The second-order valence-electron chi connectivity index (χ2n) is 6.32. The Morgan fingerprint density at radius 1 is 1.11 bits per heavy atom. The Hall–Kier alpha value is -0.0400. The van der Waals surface area contributed by atoms with Gasteiger partial charge in [0.1, 0.15) is 0 Å². The molecular formula is C17H34O. The summed E-state index contributed by atoms with van der Waals surface area (Å²) in [4.78, 5) is 0. The predicted octanol–water partition coefficient (Wildman–Crippen LogP) is 5.58. The van der Waals surface area contributed by atoms with Crippen LogP contribution in [-0.2, 0) is 4.74 Å². The highest BCUT2D eigenvalue weighted by Crippen LogP contribution is 2.41. The molecule has 0 bridgehead atoms. The van der Waals surface area contributed by atoms with Crippen molar-refractivity contribution in [2.75, 3.05) is 7.11 Å². The minimum atomic E-state index is 0.119. The summed E-state index contributed by atoms with van der Waals surface area (Å²) in [6.45, 7) is 7.03. The monoisotopic (exact) mass is 254 g/mol. The molecule has 0 saturated heterocycles. The molecular weight excluding hydrogens is 220 g/mol. The summed E-state index contributed by atoms with van der Waals surface area (Å²) in [6, 6.07) is 0. The molecule has 0 aliphatic heterocycles. The topological polar surface area (TPSA) is 9.23 Å².